The molecule has 1 fully saturated rings. The van der Waals surface area contributed by atoms with Gasteiger partial charge in [0.15, 0.2) is 0 Å². The van der Waals surface area contributed by atoms with Gasteiger partial charge in [0.05, 0.1) is 23.3 Å². The fourth-order valence-corrected chi connectivity index (χ4v) is 3.87. The Labute approximate surface area is 182 Å². The van der Waals surface area contributed by atoms with Crippen molar-refractivity contribution in [2.45, 2.75) is 19.0 Å². The van der Waals surface area contributed by atoms with Crippen LogP contribution in [0.2, 0.25) is 10.0 Å². The van der Waals surface area contributed by atoms with Gasteiger partial charge in [-0.2, -0.15) is 0 Å². The molecule has 7 heteroatoms. The Hall–Kier alpha value is -1.63. The number of halogens is 2. The number of carbonyl (C=O) groups excluding carboxylic acids is 1. The molecule has 1 saturated heterocycles. The van der Waals surface area contributed by atoms with Gasteiger partial charge in [0.1, 0.15) is 0 Å². The summed E-state index contributed by atoms with van der Waals surface area (Å²) in [5, 5.41) is 4.06. The van der Waals surface area contributed by atoms with E-state index in [9.17, 15) is 4.79 Å². The summed E-state index contributed by atoms with van der Waals surface area (Å²) < 4.78 is 5.48. The van der Waals surface area contributed by atoms with Gasteiger partial charge in [0, 0.05) is 37.8 Å². The van der Waals surface area contributed by atoms with Gasteiger partial charge in [0.25, 0.3) is 0 Å². The lowest BCUT2D eigenvalue weighted by molar-refractivity contribution is -0.118. The zero-order chi connectivity index (χ0) is 20.8. The van der Waals surface area contributed by atoms with E-state index in [0.29, 0.717) is 29.7 Å². The Bertz CT molecular complexity index is 839. The molecule has 0 aromatic heterocycles. The molecule has 29 heavy (non-hydrogen) atoms. The molecule has 156 valence electrons. The lowest BCUT2D eigenvalue weighted by Gasteiger charge is -2.34. The molecule has 1 N–H and O–H groups in total. The Morgan fingerprint density at radius 3 is 2.59 bits per heavy atom. The van der Waals surface area contributed by atoms with Gasteiger partial charge in [-0.05, 0) is 49.5 Å². The lowest BCUT2D eigenvalue weighted by Crippen LogP contribution is -2.40. The zero-order valence-electron chi connectivity index (χ0n) is 16.8. The predicted molar refractivity (Wildman–Crippen MR) is 119 cm³/mol. The maximum Gasteiger partial charge on any atom is 0.226 e. The van der Waals surface area contributed by atoms with Gasteiger partial charge in [-0.1, -0.05) is 41.4 Å². The van der Waals surface area contributed by atoms with Crippen LogP contribution in [0.25, 0.3) is 0 Å². The Morgan fingerprint density at radius 2 is 1.90 bits per heavy atom. The van der Waals surface area contributed by atoms with Crippen molar-refractivity contribution in [3.8, 4) is 0 Å². The van der Waals surface area contributed by atoms with E-state index in [1.807, 2.05) is 44.4 Å². The summed E-state index contributed by atoms with van der Waals surface area (Å²) in [4.78, 5) is 17.3. The van der Waals surface area contributed by atoms with Gasteiger partial charge in [0.2, 0.25) is 5.91 Å². The van der Waals surface area contributed by atoms with E-state index >= 15 is 0 Å². The molecule has 1 heterocycles. The van der Waals surface area contributed by atoms with Crippen molar-refractivity contribution in [1.82, 2.24) is 9.80 Å². The molecule has 0 unspecified atom stereocenters. The molecule has 2 aromatic rings. The molecular formula is C22H27Cl2N3O2. The minimum atomic E-state index is -0.0846. The van der Waals surface area contributed by atoms with Crippen LogP contribution in [0.15, 0.2) is 42.5 Å². The van der Waals surface area contributed by atoms with Crippen molar-refractivity contribution in [1.29, 1.82) is 0 Å². The second kappa shape index (κ2) is 10.4. The lowest BCUT2D eigenvalue weighted by atomic mass is 10.0. The van der Waals surface area contributed by atoms with E-state index in [-0.39, 0.29) is 11.9 Å². The topological polar surface area (TPSA) is 44.8 Å². The van der Waals surface area contributed by atoms with Crippen LogP contribution in [-0.4, -0.2) is 56.1 Å². The normalized spacial score (nSPS) is 16.0. The number of benzene rings is 2. The molecule has 0 spiro atoms. The third-order valence-corrected chi connectivity index (χ3v) is 5.64. The highest BCUT2D eigenvalue weighted by Crippen LogP contribution is 2.31. The van der Waals surface area contributed by atoms with Crippen LogP contribution in [0.1, 0.15) is 23.6 Å². The SMILES string of the molecule is CN(C)Cc1cccc(NC(=O)C[C@H](c2ccc(Cl)c(Cl)c2)N2CCOCC2)c1. The minimum absolute atomic E-state index is 0.0328. The first kappa shape index (κ1) is 22.1. The van der Waals surface area contributed by atoms with Crippen LogP contribution in [-0.2, 0) is 16.1 Å². The Kier molecular flexibility index (Phi) is 7.92. The van der Waals surface area contributed by atoms with Crippen molar-refractivity contribution in [3.63, 3.8) is 0 Å². The van der Waals surface area contributed by atoms with Crippen molar-refractivity contribution in [2.75, 3.05) is 45.7 Å². The number of hydrogen-bond donors (Lipinski definition) is 1. The molecular weight excluding hydrogens is 409 g/mol. The maximum absolute atomic E-state index is 12.9. The van der Waals surface area contributed by atoms with E-state index in [2.05, 4.69) is 21.2 Å². The van der Waals surface area contributed by atoms with Crippen molar-refractivity contribution in [2.24, 2.45) is 0 Å². The average Bonchev–Trinajstić information content (AvgIpc) is 2.69. The van der Waals surface area contributed by atoms with Crippen LogP contribution in [0.5, 0.6) is 0 Å². The number of anilines is 1. The van der Waals surface area contributed by atoms with E-state index in [1.54, 1.807) is 6.07 Å². The van der Waals surface area contributed by atoms with E-state index in [0.717, 1.165) is 36.4 Å². The highest BCUT2D eigenvalue weighted by Gasteiger charge is 2.25. The first-order valence-electron chi connectivity index (χ1n) is 9.72. The smallest absolute Gasteiger partial charge is 0.226 e. The molecule has 2 aromatic carbocycles. The summed E-state index contributed by atoms with van der Waals surface area (Å²) in [5.41, 5.74) is 2.95. The summed E-state index contributed by atoms with van der Waals surface area (Å²) in [6.45, 7) is 3.69. The number of nitrogens with zero attached hydrogens (tertiary/aromatic N) is 2. The predicted octanol–water partition coefficient (Wildman–Crippen LogP) is 4.46. The molecule has 1 aliphatic rings. The summed E-state index contributed by atoms with van der Waals surface area (Å²) in [5.74, 6) is -0.0328. The van der Waals surface area contributed by atoms with Crippen LogP contribution in [0, 0.1) is 0 Å². The monoisotopic (exact) mass is 435 g/mol. The number of ether oxygens (including phenoxy) is 1. The number of hydrogen-bond acceptors (Lipinski definition) is 4. The standard InChI is InChI=1S/C22H27Cl2N3O2/c1-26(2)15-16-4-3-5-18(12-16)25-22(28)14-21(27-8-10-29-11-9-27)17-6-7-19(23)20(24)13-17/h3-7,12-13,21H,8-11,14-15H2,1-2H3,(H,25,28)/t21-/m1/s1. The first-order chi connectivity index (χ1) is 13.9. The number of carbonyl (C=O) groups is 1. The van der Waals surface area contributed by atoms with Crippen LogP contribution in [0.4, 0.5) is 5.69 Å². The zero-order valence-corrected chi connectivity index (χ0v) is 18.3. The molecule has 0 aliphatic carbocycles. The van der Waals surface area contributed by atoms with Gasteiger partial charge in [-0.3, -0.25) is 9.69 Å². The largest absolute Gasteiger partial charge is 0.379 e. The van der Waals surface area contributed by atoms with Gasteiger partial charge >= 0.3 is 0 Å². The number of rotatable bonds is 7. The number of nitrogens with one attached hydrogen (secondary N) is 1. The summed E-state index contributed by atoms with van der Waals surface area (Å²) in [7, 11) is 4.05. The molecule has 1 amide bonds. The molecule has 5 nitrogen and oxygen atoms in total. The first-order valence-corrected chi connectivity index (χ1v) is 10.5. The Morgan fingerprint density at radius 1 is 1.14 bits per heavy atom. The third kappa shape index (κ3) is 6.43. The Balaban J connectivity index is 1.74. The van der Waals surface area contributed by atoms with Gasteiger partial charge in [-0.15, -0.1) is 0 Å². The summed E-state index contributed by atoms with van der Waals surface area (Å²) >= 11 is 12.3. The van der Waals surface area contributed by atoms with Gasteiger partial charge < -0.3 is 15.0 Å². The fraction of sp³-hybridized carbons (Fsp3) is 0.409. The third-order valence-electron chi connectivity index (χ3n) is 4.90. The van der Waals surface area contributed by atoms with Crippen LogP contribution < -0.4 is 5.32 Å². The number of morpholine rings is 1. The molecule has 3 rings (SSSR count). The quantitative estimate of drug-likeness (QED) is 0.697. The summed E-state index contributed by atoms with van der Waals surface area (Å²) in [6.07, 6.45) is 0.329. The highest BCUT2D eigenvalue weighted by molar-refractivity contribution is 6.42. The molecule has 0 saturated carbocycles. The molecule has 0 bridgehead atoms. The second-order valence-electron chi connectivity index (χ2n) is 7.53. The molecule has 1 atom stereocenters. The molecule has 0 radical (unpaired) electrons. The second-order valence-corrected chi connectivity index (χ2v) is 8.34. The van der Waals surface area contributed by atoms with E-state index in [4.69, 9.17) is 27.9 Å². The van der Waals surface area contributed by atoms with E-state index < -0.39 is 0 Å². The van der Waals surface area contributed by atoms with Crippen molar-refractivity contribution < 1.29 is 9.53 Å². The average molecular weight is 436 g/mol. The van der Waals surface area contributed by atoms with Crippen molar-refractivity contribution >= 4 is 34.8 Å². The van der Waals surface area contributed by atoms with Gasteiger partial charge in [-0.25, -0.2) is 0 Å². The van der Waals surface area contributed by atoms with Crippen LogP contribution in [0.3, 0.4) is 0 Å². The minimum Gasteiger partial charge on any atom is -0.379 e. The fourth-order valence-electron chi connectivity index (χ4n) is 3.57. The maximum atomic E-state index is 12.9. The summed E-state index contributed by atoms with van der Waals surface area (Å²) in [6, 6.07) is 13.5. The van der Waals surface area contributed by atoms with Crippen molar-refractivity contribution in [3.05, 3.63) is 63.6 Å². The highest BCUT2D eigenvalue weighted by atomic mass is 35.5. The number of amides is 1. The van der Waals surface area contributed by atoms with E-state index in [1.165, 1.54) is 0 Å². The molecule has 1 aliphatic heterocycles. The van der Waals surface area contributed by atoms with Crippen LogP contribution >= 0.6 is 23.2 Å².